The van der Waals surface area contributed by atoms with Crippen LogP contribution in [0.4, 0.5) is 4.79 Å². The van der Waals surface area contributed by atoms with Gasteiger partial charge in [-0.15, -0.1) is 0 Å². The lowest BCUT2D eigenvalue weighted by atomic mass is 10.1. The maximum absolute atomic E-state index is 12.9. The number of rotatable bonds is 8. The molecule has 2 N–H and O–H groups in total. The number of ether oxygens (including phenoxy) is 2. The van der Waals surface area contributed by atoms with Crippen molar-refractivity contribution in [2.45, 2.75) is 13.2 Å². The number of carboxylic acids is 1. The minimum Gasteiger partial charge on any atom is -0.488 e. The minimum atomic E-state index is -1.02. The smallest absolute Gasteiger partial charge is 0.373 e. The molecule has 1 aliphatic rings. The number of amides is 3. The lowest BCUT2D eigenvalue weighted by Crippen LogP contribution is -2.30. The van der Waals surface area contributed by atoms with Gasteiger partial charge in [0.2, 0.25) is 5.76 Å². The highest BCUT2D eigenvalue weighted by Gasteiger charge is 2.34. The Morgan fingerprint density at radius 1 is 1.11 bits per heavy atom. The van der Waals surface area contributed by atoms with Crippen LogP contribution in [-0.2, 0) is 22.7 Å². The zero-order valence-electron chi connectivity index (χ0n) is 18.8. The van der Waals surface area contributed by atoms with E-state index in [9.17, 15) is 19.2 Å². The second-order valence-corrected chi connectivity index (χ2v) is 8.53. The fourth-order valence-corrected chi connectivity index (χ4v) is 3.75. The number of urea groups is 1. The van der Waals surface area contributed by atoms with Gasteiger partial charge in [0.15, 0.2) is 0 Å². The van der Waals surface area contributed by atoms with E-state index < -0.39 is 23.9 Å². The second-order valence-electron chi connectivity index (χ2n) is 7.61. The zero-order valence-corrected chi connectivity index (χ0v) is 20.4. The number of benzene rings is 2. The van der Waals surface area contributed by atoms with Crippen LogP contribution in [-0.4, -0.2) is 41.0 Å². The molecule has 11 heteroatoms. The van der Waals surface area contributed by atoms with Gasteiger partial charge in [-0.25, -0.2) is 14.4 Å². The maximum atomic E-state index is 12.9. The molecule has 0 saturated carbocycles. The van der Waals surface area contributed by atoms with Crippen LogP contribution < -0.4 is 10.1 Å². The van der Waals surface area contributed by atoms with E-state index in [1.165, 1.54) is 37.5 Å². The summed E-state index contributed by atoms with van der Waals surface area (Å²) in [6, 6.07) is 13.7. The van der Waals surface area contributed by atoms with Gasteiger partial charge < -0.3 is 24.3 Å². The van der Waals surface area contributed by atoms with Crippen LogP contribution in [0.5, 0.6) is 5.75 Å². The van der Waals surface area contributed by atoms with Crippen LogP contribution in [0.2, 0.25) is 0 Å². The highest BCUT2D eigenvalue weighted by molar-refractivity contribution is 9.10. The Morgan fingerprint density at radius 2 is 1.86 bits per heavy atom. The summed E-state index contributed by atoms with van der Waals surface area (Å²) in [4.78, 5) is 48.9. The summed E-state index contributed by atoms with van der Waals surface area (Å²) in [5, 5.41) is 11.6. The highest BCUT2D eigenvalue weighted by Crippen LogP contribution is 2.28. The number of carbonyl (C=O) groups excluding carboxylic acids is 3. The second kappa shape index (κ2) is 10.5. The molecule has 0 atom stereocenters. The number of carboxylic acid groups (broad SMARTS) is 1. The first kappa shape index (κ1) is 24.7. The van der Waals surface area contributed by atoms with Gasteiger partial charge in [0.05, 0.1) is 19.2 Å². The predicted molar refractivity (Wildman–Crippen MR) is 129 cm³/mol. The van der Waals surface area contributed by atoms with Crippen LogP contribution in [0.25, 0.3) is 6.08 Å². The molecule has 2 heterocycles. The predicted octanol–water partition coefficient (Wildman–Crippen LogP) is 4.20. The minimum absolute atomic E-state index is 0.0357. The number of carbonyl (C=O) groups is 4. The Balaban J connectivity index is 1.50. The molecule has 0 bridgehead atoms. The monoisotopic (exact) mass is 554 g/mol. The van der Waals surface area contributed by atoms with Crippen molar-refractivity contribution in [3.05, 3.63) is 93.0 Å². The fraction of sp³-hybridized carbons (Fsp3) is 0.120. The van der Waals surface area contributed by atoms with E-state index in [-0.39, 0.29) is 35.9 Å². The van der Waals surface area contributed by atoms with Crippen molar-refractivity contribution >= 4 is 45.9 Å². The molecular weight excluding hydrogens is 536 g/mol. The highest BCUT2D eigenvalue weighted by atomic mass is 79.9. The molecule has 1 aliphatic heterocycles. The third-order valence-corrected chi connectivity index (χ3v) is 5.68. The van der Waals surface area contributed by atoms with E-state index in [1.54, 1.807) is 30.3 Å². The van der Waals surface area contributed by atoms with Gasteiger partial charge in [0.25, 0.3) is 5.91 Å². The lowest BCUT2D eigenvalue weighted by molar-refractivity contribution is -0.123. The van der Waals surface area contributed by atoms with E-state index in [1.807, 2.05) is 0 Å². The first-order chi connectivity index (χ1) is 17.2. The van der Waals surface area contributed by atoms with E-state index in [0.29, 0.717) is 11.3 Å². The van der Waals surface area contributed by atoms with Crippen LogP contribution in [0.3, 0.4) is 0 Å². The molecule has 2 aromatic carbocycles. The number of aromatic carboxylic acids is 1. The standard InChI is InChI=1S/C25H19BrN2O8/c1-34-24(32)21-9-7-18(36-21)12-28-22(29)19(27-25(28)33)11-16-10-17(26)6-8-20(16)35-13-14-2-4-15(5-3-14)23(30)31/h2-11H,12-13H2,1H3,(H,27,33)(H,30,31)/b19-11-. The van der Waals surface area contributed by atoms with Crippen LogP contribution in [0.15, 0.2) is 69.2 Å². The Bertz CT molecular complexity index is 1380. The quantitative estimate of drug-likeness (QED) is 0.240. The molecule has 10 nitrogen and oxygen atoms in total. The van der Waals surface area contributed by atoms with Crippen molar-refractivity contribution in [3.63, 3.8) is 0 Å². The van der Waals surface area contributed by atoms with Crippen LogP contribution in [0, 0.1) is 0 Å². The largest absolute Gasteiger partial charge is 0.488 e. The number of imide groups is 1. The number of methoxy groups -OCH3 is 1. The average molecular weight is 555 g/mol. The third kappa shape index (κ3) is 5.47. The molecule has 4 rings (SSSR count). The van der Waals surface area contributed by atoms with E-state index in [2.05, 4.69) is 26.0 Å². The van der Waals surface area contributed by atoms with Crippen molar-refractivity contribution in [1.82, 2.24) is 10.2 Å². The van der Waals surface area contributed by atoms with E-state index in [4.69, 9.17) is 14.3 Å². The summed E-state index contributed by atoms with van der Waals surface area (Å²) in [5.41, 5.74) is 1.49. The molecule has 3 aromatic rings. The van der Waals surface area contributed by atoms with Gasteiger partial charge >= 0.3 is 18.0 Å². The van der Waals surface area contributed by atoms with E-state index >= 15 is 0 Å². The van der Waals surface area contributed by atoms with Gasteiger partial charge in [0, 0.05) is 10.0 Å². The van der Waals surface area contributed by atoms with Gasteiger partial charge in [-0.2, -0.15) is 0 Å². The summed E-state index contributed by atoms with van der Waals surface area (Å²) >= 11 is 3.39. The average Bonchev–Trinajstić information content (AvgIpc) is 3.44. The van der Waals surface area contributed by atoms with Crippen molar-refractivity contribution in [2.24, 2.45) is 0 Å². The maximum Gasteiger partial charge on any atom is 0.373 e. The number of nitrogens with one attached hydrogen (secondary N) is 1. The van der Waals surface area contributed by atoms with Crippen LogP contribution in [0.1, 0.15) is 37.8 Å². The third-order valence-electron chi connectivity index (χ3n) is 5.19. The molecule has 184 valence electrons. The molecular formula is C25H19BrN2O8. The zero-order chi connectivity index (χ0) is 25.8. The number of nitrogens with zero attached hydrogens (tertiary/aromatic N) is 1. The Hall–Kier alpha value is -4.38. The summed E-state index contributed by atoms with van der Waals surface area (Å²) in [5.74, 6) is -1.62. The number of esters is 1. The molecule has 1 saturated heterocycles. The Labute approximate surface area is 213 Å². The van der Waals surface area contributed by atoms with Gasteiger partial charge in [-0.1, -0.05) is 28.1 Å². The Kier molecular flexibility index (Phi) is 7.20. The first-order valence-corrected chi connectivity index (χ1v) is 11.3. The van der Waals surface area contributed by atoms with Gasteiger partial charge in [0.1, 0.15) is 23.8 Å². The molecule has 0 spiro atoms. The Morgan fingerprint density at radius 3 is 2.56 bits per heavy atom. The van der Waals surface area contributed by atoms with Crippen molar-refractivity contribution in [1.29, 1.82) is 0 Å². The van der Waals surface area contributed by atoms with Crippen molar-refractivity contribution in [2.75, 3.05) is 7.11 Å². The molecule has 1 fully saturated rings. The SMILES string of the molecule is COC(=O)c1ccc(CN2C(=O)N/C(=C\c3cc(Br)ccc3OCc3ccc(C(=O)O)cc3)C2=O)o1. The topological polar surface area (TPSA) is 135 Å². The molecule has 0 aliphatic carbocycles. The normalized spacial score (nSPS) is 14.2. The lowest BCUT2D eigenvalue weighted by Gasteiger charge is -2.11. The van der Waals surface area contributed by atoms with E-state index in [0.717, 1.165) is 14.9 Å². The summed E-state index contributed by atoms with van der Waals surface area (Å²) < 4.78 is 16.6. The van der Waals surface area contributed by atoms with Crippen molar-refractivity contribution < 1.29 is 38.2 Å². The number of hydrogen-bond acceptors (Lipinski definition) is 7. The number of halogens is 1. The molecule has 3 amide bonds. The van der Waals surface area contributed by atoms with Crippen LogP contribution >= 0.6 is 15.9 Å². The van der Waals surface area contributed by atoms with Gasteiger partial charge in [-0.05, 0) is 54.1 Å². The molecule has 0 unspecified atom stereocenters. The molecule has 36 heavy (non-hydrogen) atoms. The summed E-state index contributed by atoms with van der Waals surface area (Å²) in [6.45, 7) is -0.0155. The first-order valence-electron chi connectivity index (χ1n) is 10.5. The number of hydrogen-bond donors (Lipinski definition) is 2. The molecule has 1 aromatic heterocycles. The van der Waals surface area contributed by atoms with Crippen molar-refractivity contribution in [3.8, 4) is 5.75 Å². The fourth-order valence-electron chi connectivity index (χ4n) is 3.37. The molecule has 0 radical (unpaired) electrons. The number of furan rings is 1. The van der Waals surface area contributed by atoms with Gasteiger partial charge in [-0.3, -0.25) is 9.69 Å². The summed E-state index contributed by atoms with van der Waals surface area (Å²) in [6.07, 6.45) is 1.50. The summed E-state index contributed by atoms with van der Waals surface area (Å²) in [7, 11) is 1.22.